The zero-order valence-corrected chi connectivity index (χ0v) is 14.1. The number of nitro benzene ring substituents is 1. The Hall–Kier alpha value is -2.87. The SMILES string of the molecule is COc1cc(NC[C@@H](CO)Cc2ccccn2)c([N+](=O)[O-])cc1OC. The number of nitrogens with zero attached hydrogens (tertiary/aromatic N) is 2. The van der Waals surface area contributed by atoms with Crippen molar-refractivity contribution in [1.82, 2.24) is 4.98 Å². The summed E-state index contributed by atoms with van der Waals surface area (Å²) in [4.78, 5) is 15.0. The average Bonchev–Trinajstić information content (AvgIpc) is 2.64. The lowest BCUT2D eigenvalue weighted by molar-refractivity contribution is -0.384. The summed E-state index contributed by atoms with van der Waals surface area (Å²) < 4.78 is 10.3. The normalized spacial score (nSPS) is 11.6. The summed E-state index contributed by atoms with van der Waals surface area (Å²) in [6.45, 7) is 0.286. The van der Waals surface area contributed by atoms with E-state index in [2.05, 4.69) is 10.3 Å². The number of aromatic nitrogens is 1. The summed E-state index contributed by atoms with van der Waals surface area (Å²) in [6.07, 6.45) is 2.25. The van der Waals surface area contributed by atoms with Gasteiger partial charge in [-0.15, -0.1) is 0 Å². The Kier molecular flexibility index (Phi) is 6.53. The van der Waals surface area contributed by atoms with Crippen molar-refractivity contribution in [3.63, 3.8) is 0 Å². The van der Waals surface area contributed by atoms with Crippen molar-refractivity contribution in [2.24, 2.45) is 5.92 Å². The molecule has 134 valence electrons. The van der Waals surface area contributed by atoms with Crippen LogP contribution in [0.4, 0.5) is 11.4 Å². The molecule has 8 heteroatoms. The molecule has 0 aliphatic rings. The number of ether oxygens (including phenoxy) is 2. The van der Waals surface area contributed by atoms with Crippen LogP contribution in [-0.4, -0.2) is 42.4 Å². The minimum absolute atomic E-state index is 0.0648. The van der Waals surface area contributed by atoms with Crippen LogP contribution < -0.4 is 14.8 Å². The number of aliphatic hydroxyl groups is 1. The number of pyridine rings is 1. The second kappa shape index (κ2) is 8.84. The van der Waals surface area contributed by atoms with Gasteiger partial charge >= 0.3 is 0 Å². The molecule has 0 spiro atoms. The summed E-state index contributed by atoms with van der Waals surface area (Å²) in [6, 6.07) is 8.41. The Balaban J connectivity index is 2.16. The zero-order chi connectivity index (χ0) is 18.2. The molecular weight excluding hydrogens is 326 g/mol. The van der Waals surface area contributed by atoms with E-state index >= 15 is 0 Å². The number of methoxy groups -OCH3 is 2. The van der Waals surface area contributed by atoms with Gasteiger partial charge in [0.2, 0.25) is 0 Å². The van der Waals surface area contributed by atoms with Crippen LogP contribution in [0.2, 0.25) is 0 Å². The van der Waals surface area contributed by atoms with Gasteiger partial charge in [-0.05, 0) is 18.6 Å². The molecule has 2 rings (SSSR count). The summed E-state index contributed by atoms with van der Waals surface area (Å²) in [5.74, 6) is 0.537. The van der Waals surface area contributed by atoms with E-state index in [9.17, 15) is 15.2 Å². The number of nitro groups is 1. The number of nitrogens with one attached hydrogen (secondary N) is 1. The molecule has 0 amide bonds. The molecule has 0 radical (unpaired) electrons. The van der Waals surface area contributed by atoms with Crippen molar-refractivity contribution in [3.8, 4) is 11.5 Å². The summed E-state index contributed by atoms with van der Waals surface area (Å²) in [5.41, 5.74) is 1.04. The molecule has 0 saturated heterocycles. The molecular formula is C17H21N3O5. The van der Waals surface area contributed by atoms with Gasteiger partial charge in [-0.1, -0.05) is 6.07 Å². The molecule has 0 fully saturated rings. The van der Waals surface area contributed by atoms with Gasteiger partial charge in [0.15, 0.2) is 11.5 Å². The third-order valence-corrected chi connectivity index (χ3v) is 3.76. The third kappa shape index (κ3) is 4.80. The lowest BCUT2D eigenvalue weighted by Crippen LogP contribution is -2.21. The molecule has 1 atom stereocenters. The van der Waals surface area contributed by atoms with Crippen molar-refractivity contribution >= 4 is 11.4 Å². The van der Waals surface area contributed by atoms with Crippen molar-refractivity contribution in [1.29, 1.82) is 0 Å². The van der Waals surface area contributed by atoms with Crippen LogP contribution in [0.3, 0.4) is 0 Å². The van der Waals surface area contributed by atoms with E-state index in [0.29, 0.717) is 24.4 Å². The first-order chi connectivity index (χ1) is 12.1. The van der Waals surface area contributed by atoms with E-state index in [1.54, 1.807) is 6.20 Å². The maximum absolute atomic E-state index is 11.3. The largest absolute Gasteiger partial charge is 0.493 e. The fourth-order valence-electron chi connectivity index (χ4n) is 2.43. The quantitative estimate of drug-likeness (QED) is 0.529. The maximum atomic E-state index is 11.3. The second-order valence-electron chi connectivity index (χ2n) is 5.44. The first-order valence-corrected chi connectivity index (χ1v) is 7.74. The molecule has 2 aromatic rings. The molecule has 0 aliphatic heterocycles. The van der Waals surface area contributed by atoms with E-state index in [0.717, 1.165) is 5.69 Å². The molecule has 0 aliphatic carbocycles. The average molecular weight is 347 g/mol. The summed E-state index contributed by atoms with van der Waals surface area (Å²) in [5, 5.41) is 23.9. The monoisotopic (exact) mass is 347 g/mol. The molecule has 1 aromatic heterocycles. The lowest BCUT2D eigenvalue weighted by atomic mass is 10.0. The molecule has 2 N–H and O–H groups in total. The van der Waals surface area contributed by atoms with Gasteiger partial charge in [0.1, 0.15) is 5.69 Å². The van der Waals surface area contributed by atoms with Crippen LogP contribution in [0.25, 0.3) is 0 Å². The highest BCUT2D eigenvalue weighted by Crippen LogP contribution is 2.37. The van der Waals surface area contributed by atoms with Crippen molar-refractivity contribution in [3.05, 3.63) is 52.3 Å². The van der Waals surface area contributed by atoms with E-state index in [1.165, 1.54) is 26.4 Å². The van der Waals surface area contributed by atoms with Gasteiger partial charge in [0.25, 0.3) is 5.69 Å². The molecule has 1 heterocycles. The smallest absolute Gasteiger partial charge is 0.296 e. The van der Waals surface area contributed by atoms with Crippen molar-refractivity contribution < 1.29 is 19.5 Å². The van der Waals surface area contributed by atoms with Gasteiger partial charge in [-0.3, -0.25) is 15.1 Å². The van der Waals surface area contributed by atoms with Crippen LogP contribution in [0.15, 0.2) is 36.5 Å². The molecule has 8 nitrogen and oxygen atoms in total. The minimum Gasteiger partial charge on any atom is -0.493 e. The van der Waals surface area contributed by atoms with E-state index in [1.807, 2.05) is 18.2 Å². The van der Waals surface area contributed by atoms with E-state index in [4.69, 9.17) is 9.47 Å². The van der Waals surface area contributed by atoms with Gasteiger partial charge < -0.3 is 19.9 Å². The van der Waals surface area contributed by atoms with E-state index in [-0.39, 0.29) is 24.0 Å². The molecule has 25 heavy (non-hydrogen) atoms. The Bertz CT molecular complexity index is 709. The lowest BCUT2D eigenvalue weighted by Gasteiger charge is -2.17. The number of benzene rings is 1. The molecule has 1 aromatic carbocycles. The van der Waals surface area contributed by atoms with Crippen molar-refractivity contribution in [2.45, 2.75) is 6.42 Å². The first-order valence-electron chi connectivity index (χ1n) is 7.74. The highest BCUT2D eigenvalue weighted by molar-refractivity contribution is 5.68. The zero-order valence-electron chi connectivity index (χ0n) is 14.1. The van der Waals surface area contributed by atoms with Crippen molar-refractivity contribution in [2.75, 3.05) is 32.7 Å². The number of rotatable bonds is 9. The van der Waals surface area contributed by atoms with Crippen LogP contribution in [-0.2, 0) is 6.42 Å². The fraction of sp³-hybridized carbons (Fsp3) is 0.353. The van der Waals surface area contributed by atoms with E-state index < -0.39 is 4.92 Å². The predicted molar refractivity (Wildman–Crippen MR) is 93.2 cm³/mol. The summed E-state index contributed by atoms with van der Waals surface area (Å²) in [7, 11) is 2.88. The Morgan fingerprint density at radius 1 is 1.28 bits per heavy atom. The van der Waals surface area contributed by atoms with Crippen LogP contribution in [0.1, 0.15) is 5.69 Å². The van der Waals surface area contributed by atoms with Gasteiger partial charge in [0.05, 0.1) is 25.2 Å². The Morgan fingerprint density at radius 3 is 2.56 bits per heavy atom. The maximum Gasteiger partial charge on any atom is 0.296 e. The minimum atomic E-state index is -0.489. The third-order valence-electron chi connectivity index (χ3n) is 3.76. The van der Waals surface area contributed by atoms with Gasteiger partial charge in [0, 0.05) is 37.0 Å². The highest BCUT2D eigenvalue weighted by Gasteiger charge is 2.20. The van der Waals surface area contributed by atoms with Crippen LogP contribution in [0, 0.1) is 16.0 Å². The van der Waals surface area contributed by atoms with Crippen LogP contribution in [0.5, 0.6) is 11.5 Å². The standard InChI is InChI=1S/C17H21N3O5/c1-24-16-8-14(15(20(22)23)9-17(16)25-2)19-10-12(11-21)7-13-5-3-4-6-18-13/h3-6,8-9,12,19,21H,7,10-11H2,1-2H3/t12-/m0/s1. The van der Waals surface area contributed by atoms with Gasteiger partial charge in [-0.25, -0.2) is 0 Å². The number of hydrogen-bond donors (Lipinski definition) is 2. The Morgan fingerprint density at radius 2 is 2.00 bits per heavy atom. The summed E-state index contributed by atoms with van der Waals surface area (Å²) >= 11 is 0. The van der Waals surface area contributed by atoms with Gasteiger partial charge in [-0.2, -0.15) is 0 Å². The first kappa shape index (κ1) is 18.5. The highest BCUT2D eigenvalue weighted by atomic mass is 16.6. The molecule has 0 unspecified atom stereocenters. The number of aliphatic hydroxyl groups excluding tert-OH is 1. The fourth-order valence-corrected chi connectivity index (χ4v) is 2.43. The molecule has 0 bridgehead atoms. The predicted octanol–water partition coefficient (Wildman–Crippen LogP) is 2.27. The molecule has 0 saturated carbocycles. The topological polar surface area (TPSA) is 107 Å². The number of anilines is 1. The number of hydrogen-bond acceptors (Lipinski definition) is 7. The Labute approximate surface area is 145 Å². The second-order valence-corrected chi connectivity index (χ2v) is 5.44. The van der Waals surface area contributed by atoms with Crippen LogP contribution >= 0.6 is 0 Å².